The molecule has 8 heteroatoms. The fourth-order valence-corrected chi connectivity index (χ4v) is 0.150. The first kappa shape index (κ1) is 18.0. The molecule has 0 aromatic carbocycles. The van der Waals surface area contributed by atoms with Crippen LogP contribution in [0, 0.1) is 0 Å². The minimum Gasteiger partial charge on any atom is -0.394 e. The van der Waals surface area contributed by atoms with Crippen molar-refractivity contribution in [2.24, 2.45) is 5.73 Å². The molecule has 0 atom stereocenters. The number of hydrogen-bond acceptors (Lipinski definition) is 4. The molecule has 0 amide bonds. The first-order valence-electron chi connectivity index (χ1n) is 2.70. The van der Waals surface area contributed by atoms with Crippen LogP contribution in [0.2, 0.25) is 0 Å². The van der Waals surface area contributed by atoms with E-state index < -0.39 is 25.4 Å². The van der Waals surface area contributed by atoms with Gasteiger partial charge >= 0.3 is 29.6 Å². The summed E-state index contributed by atoms with van der Waals surface area (Å²) in [6.07, 6.45) is 0. The number of aliphatic hydroxyl groups excluding tert-OH is 3. The molecule has 0 bridgehead atoms. The minimum absolute atomic E-state index is 0. The zero-order chi connectivity index (χ0) is 9.33. The Morgan fingerprint density at radius 2 is 1.25 bits per heavy atom. The third kappa shape index (κ3) is 10.2. The van der Waals surface area contributed by atoms with Gasteiger partial charge in [-0.3, -0.25) is 4.91 Å². The summed E-state index contributed by atoms with van der Waals surface area (Å²) in [5.74, 6) is 0. The van der Waals surface area contributed by atoms with Crippen LogP contribution in [0.25, 0.3) is 16.0 Å². The molecular weight excluding hydrogens is 175 g/mol. The first-order valence-corrected chi connectivity index (χ1v) is 2.70. The van der Waals surface area contributed by atoms with Crippen LogP contribution in [0.4, 0.5) is 0 Å². The Labute approximate surface area is 91.9 Å². The molecule has 0 aliphatic carbocycles. The molecule has 0 fully saturated rings. The van der Waals surface area contributed by atoms with Crippen molar-refractivity contribution in [1.29, 1.82) is 0 Å². The van der Waals surface area contributed by atoms with E-state index >= 15 is 0 Å². The second kappa shape index (κ2) is 11.2. The number of rotatable bonds is 3. The van der Waals surface area contributed by atoms with Crippen molar-refractivity contribution in [3.05, 3.63) is 16.0 Å². The van der Waals surface area contributed by atoms with Crippen molar-refractivity contribution in [3.8, 4) is 0 Å². The third-order valence-electron chi connectivity index (χ3n) is 0.945. The molecule has 0 aliphatic rings. The summed E-state index contributed by atoms with van der Waals surface area (Å²) >= 11 is 0. The molecule has 66 valence electrons. The van der Waals surface area contributed by atoms with Crippen LogP contribution < -0.4 is 35.3 Å². The second-order valence-electron chi connectivity index (χ2n) is 1.93. The van der Waals surface area contributed by atoms with E-state index in [1.165, 1.54) is 4.91 Å². The Balaban J connectivity index is -0.000000177. The normalized spacial score (nSPS) is 8.67. The fourth-order valence-electron chi connectivity index (χ4n) is 0.150. The van der Waals surface area contributed by atoms with Crippen LogP contribution in [0.15, 0.2) is 0 Å². The van der Waals surface area contributed by atoms with E-state index in [9.17, 15) is 0 Å². The first-order chi connectivity index (χ1) is 5.10. The quantitative estimate of drug-likeness (QED) is 0.152. The van der Waals surface area contributed by atoms with Crippen molar-refractivity contribution in [2.45, 2.75) is 5.54 Å². The molecule has 0 aliphatic heterocycles. The van der Waals surface area contributed by atoms with Gasteiger partial charge < -0.3 is 32.1 Å². The molecule has 0 saturated heterocycles. The molecule has 12 heavy (non-hydrogen) atoms. The van der Waals surface area contributed by atoms with Crippen LogP contribution in [0.3, 0.4) is 0 Å². The van der Waals surface area contributed by atoms with Crippen LogP contribution in [-0.2, 0) is 0 Å². The van der Waals surface area contributed by atoms with Gasteiger partial charge in [-0.2, -0.15) is 0 Å². The second-order valence-corrected chi connectivity index (χ2v) is 1.93. The van der Waals surface area contributed by atoms with Crippen molar-refractivity contribution in [2.75, 3.05) is 19.8 Å². The summed E-state index contributed by atoms with van der Waals surface area (Å²) in [6, 6.07) is 0. The number of aliphatic hydroxyl groups is 3. The van der Waals surface area contributed by atoms with Crippen molar-refractivity contribution >= 4 is 0 Å². The molecule has 5 N–H and O–H groups in total. The van der Waals surface area contributed by atoms with Crippen molar-refractivity contribution < 1.29 is 44.9 Å². The standard InChI is InChI=1S/C4H11NO3.N3.Na/c5-4(1-6,2-7)3-8;1-3-2;/h6-8H,1-3,5H2;;/q;-1;+1. The summed E-state index contributed by atoms with van der Waals surface area (Å²) in [5, 5.41) is 25.0. The number of nitrogens with two attached hydrogens (primary N) is 1. The van der Waals surface area contributed by atoms with Gasteiger partial charge in [-0.05, 0) is 0 Å². The Morgan fingerprint density at radius 1 is 1.08 bits per heavy atom. The largest absolute Gasteiger partial charge is 1.00 e. The van der Waals surface area contributed by atoms with Gasteiger partial charge in [0.1, 0.15) is 0 Å². The molecule has 0 spiro atoms. The maximum atomic E-state index is 8.34. The van der Waals surface area contributed by atoms with Crippen LogP contribution >= 0.6 is 0 Å². The zero-order valence-corrected chi connectivity index (χ0v) is 8.88. The van der Waals surface area contributed by atoms with Gasteiger partial charge in [0, 0.05) is 0 Å². The van der Waals surface area contributed by atoms with E-state index in [4.69, 9.17) is 32.1 Å². The molecule has 7 nitrogen and oxygen atoms in total. The number of hydrogen-bond donors (Lipinski definition) is 4. The van der Waals surface area contributed by atoms with E-state index in [0.29, 0.717) is 0 Å². The Hall–Kier alpha value is 0.150. The molecule has 0 saturated carbocycles. The summed E-state index contributed by atoms with van der Waals surface area (Å²) in [7, 11) is 0. The molecule has 0 radical (unpaired) electrons. The van der Waals surface area contributed by atoms with Crippen LogP contribution in [-0.4, -0.2) is 40.7 Å². The summed E-state index contributed by atoms with van der Waals surface area (Å²) in [5.41, 5.74) is 17.4. The molecular formula is C4H11N4NaO3. The van der Waals surface area contributed by atoms with Crippen molar-refractivity contribution in [3.63, 3.8) is 0 Å². The zero-order valence-electron chi connectivity index (χ0n) is 6.88. The maximum absolute atomic E-state index is 8.34. The summed E-state index contributed by atoms with van der Waals surface area (Å²) < 4.78 is 0. The topological polar surface area (TPSA) is 145 Å². The fraction of sp³-hybridized carbons (Fsp3) is 1.00. The van der Waals surface area contributed by atoms with E-state index in [1.54, 1.807) is 0 Å². The van der Waals surface area contributed by atoms with Gasteiger partial charge in [0.05, 0.1) is 25.4 Å². The molecule has 0 aromatic heterocycles. The van der Waals surface area contributed by atoms with E-state index in [0.717, 1.165) is 0 Å². The molecule has 0 aromatic rings. The predicted octanol–water partition coefficient (Wildman–Crippen LogP) is -4.47. The van der Waals surface area contributed by atoms with Crippen molar-refractivity contribution in [1.82, 2.24) is 0 Å². The van der Waals surface area contributed by atoms with Gasteiger partial charge in [-0.1, -0.05) is 0 Å². The van der Waals surface area contributed by atoms with Crippen LogP contribution in [0.5, 0.6) is 0 Å². The maximum Gasteiger partial charge on any atom is 1.00 e. The van der Waals surface area contributed by atoms with E-state index in [2.05, 4.69) is 0 Å². The van der Waals surface area contributed by atoms with Gasteiger partial charge in [-0.15, -0.1) is 0 Å². The Bertz CT molecular complexity index is 115. The summed E-state index contributed by atoms with van der Waals surface area (Å²) in [6.45, 7) is -1.21. The molecule has 0 rings (SSSR count). The smallest absolute Gasteiger partial charge is 0.394 e. The number of nitrogens with zero attached hydrogens (tertiary/aromatic N) is 3. The SMILES string of the molecule is NC(CO)(CO)CO.[N-]=[N+]=[N-].[Na+]. The van der Waals surface area contributed by atoms with E-state index in [-0.39, 0.29) is 29.6 Å². The van der Waals surface area contributed by atoms with Gasteiger partial charge in [0.25, 0.3) is 0 Å². The van der Waals surface area contributed by atoms with E-state index in [1.807, 2.05) is 0 Å². The molecule has 0 heterocycles. The third-order valence-corrected chi connectivity index (χ3v) is 0.945. The Morgan fingerprint density at radius 3 is 1.25 bits per heavy atom. The summed E-state index contributed by atoms with van der Waals surface area (Å²) in [4.78, 5) is 1.50. The van der Waals surface area contributed by atoms with Gasteiger partial charge in [-0.25, -0.2) is 0 Å². The average Bonchev–Trinajstić information content (AvgIpc) is 2.05. The molecule has 0 unspecified atom stereocenters. The Kier molecular flexibility index (Phi) is 16.8. The minimum atomic E-state index is -1.21. The van der Waals surface area contributed by atoms with Gasteiger partial charge in [0.2, 0.25) is 0 Å². The van der Waals surface area contributed by atoms with Crippen LogP contribution in [0.1, 0.15) is 0 Å². The monoisotopic (exact) mass is 186 g/mol. The average molecular weight is 186 g/mol. The van der Waals surface area contributed by atoms with Gasteiger partial charge in [0.15, 0.2) is 0 Å². The predicted molar refractivity (Wildman–Crippen MR) is 38.3 cm³/mol.